The third-order valence-electron chi connectivity index (χ3n) is 4.58. The molecule has 0 aliphatic rings. The molecule has 0 spiro atoms. The molecule has 7 nitrogen and oxygen atoms in total. The van der Waals surface area contributed by atoms with Crippen LogP contribution in [-0.2, 0) is 4.79 Å². The van der Waals surface area contributed by atoms with Gasteiger partial charge in [-0.3, -0.25) is 19.7 Å². The van der Waals surface area contributed by atoms with Crippen molar-refractivity contribution in [1.29, 1.82) is 0 Å². The van der Waals surface area contributed by atoms with Crippen molar-refractivity contribution in [2.45, 2.75) is 6.92 Å². The van der Waals surface area contributed by atoms with Crippen LogP contribution in [0.1, 0.15) is 21.5 Å². The van der Waals surface area contributed by atoms with Crippen molar-refractivity contribution in [2.24, 2.45) is 0 Å². The van der Waals surface area contributed by atoms with E-state index in [0.717, 1.165) is 12.1 Å². The topological polar surface area (TPSA) is 101 Å². The van der Waals surface area contributed by atoms with Crippen LogP contribution in [0.3, 0.4) is 0 Å². The van der Waals surface area contributed by atoms with E-state index in [1.165, 1.54) is 36.4 Å². The highest BCUT2D eigenvalue weighted by Gasteiger charge is 2.19. The van der Waals surface area contributed by atoms with Crippen LogP contribution in [0.4, 0.5) is 15.8 Å². The Bertz CT molecular complexity index is 1290. The van der Waals surface area contributed by atoms with Gasteiger partial charge in [-0.15, -0.1) is 0 Å². The van der Waals surface area contributed by atoms with Crippen molar-refractivity contribution < 1.29 is 18.9 Å². The number of non-ortho nitro benzene ring substituents is 1. The van der Waals surface area contributed by atoms with Crippen molar-refractivity contribution in [2.75, 3.05) is 5.32 Å². The highest BCUT2D eigenvalue weighted by Crippen LogP contribution is 2.24. The summed E-state index contributed by atoms with van der Waals surface area (Å²) in [6.45, 7) is 1.71. The molecule has 10 heteroatoms. The normalized spacial score (nSPS) is 11.1. The fraction of sp³-hybridized carbons (Fsp3) is 0.0435. The molecule has 0 bridgehead atoms. The zero-order valence-electron chi connectivity index (χ0n) is 17.1. The Labute approximate surface area is 198 Å². The molecule has 3 aromatic carbocycles. The van der Waals surface area contributed by atoms with Crippen LogP contribution in [0.25, 0.3) is 6.08 Å². The van der Waals surface area contributed by atoms with Crippen molar-refractivity contribution >= 4 is 52.5 Å². The molecule has 0 aliphatic heterocycles. The van der Waals surface area contributed by atoms with Gasteiger partial charge >= 0.3 is 0 Å². The number of benzene rings is 3. The number of carbonyl (C=O) groups excluding carboxylic acids is 2. The fourth-order valence-electron chi connectivity index (χ4n) is 2.85. The van der Waals surface area contributed by atoms with Crippen molar-refractivity contribution in [3.8, 4) is 0 Å². The van der Waals surface area contributed by atoms with E-state index in [9.17, 15) is 24.1 Å². The minimum Gasteiger partial charge on any atom is -0.320 e. The molecule has 0 atom stereocenters. The van der Waals surface area contributed by atoms with E-state index in [2.05, 4.69) is 10.6 Å². The van der Waals surface area contributed by atoms with E-state index in [4.69, 9.17) is 23.2 Å². The summed E-state index contributed by atoms with van der Waals surface area (Å²) in [7, 11) is 0. The molecule has 2 N–H and O–H groups in total. The number of nitro groups is 1. The lowest BCUT2D eigenvalue weighted by atomic mass is 10.1. The SMILES string of the molecule is Cc1c(Cl)cccc1NC(=O)/C(=C/c1cccc([N+](=O)[O-])c1)NC(=O)c1ccc(F)cc1Cl. The molecule has 0 unspecified atom stereocenters. The van der Waals surface area contributed by atoms with E-state index >= 15 is 0 Å². The molecule has 0 fully saturated rings. The second-order valence-electron chi connectivity index (χ2n) is 6.85. The summed E-state index contributed by atoms with van der Waals surface area (Å²) in [6.07, 6.45) is 1.28. The van der Waals surface area contributed by atoms with Gasteiger partial charge in [-0.1, -0.05) is 41.4 Å². The molecule has 168 valence electrons. The number of carbonyl (C=O) groups is 2. The molecular formula is C23H16Cl2FN3O4. The largest absolute Gasteiger partial charge is 0.320 e. The fourth-order valence-corrected chi connectivity index (χ4v) is 3.28. The molecule has 2 amide bonds. The minimum absolute atomic E-state index is 0.0604. The Hall–Kier alpha value is -3.75. The number of anilines is 1. The van der Waals surface area contributed by atoms with Crippen LogP contribution in [0.2, 0.25) is 10.0 Å². The van der Waals surface area contributed by atoms with Gasteiger partial charge in [0.05, 0.1) is 15.5 Å². The van der Waals surface area contributed by atoms with Gasteiger partial charge in [-0.05, 0) is 54.5 Å². The van der Waals surface area contributed by atoms with Crippen molar-refractivity contribution in [3.63, 3.8) is 0 Å². The number of nitro benzene ring substituents is 1. The summed E-state index contributed by atoms with van der Waals surface area (Å²) in [5.41, 5.74) is 0.835. The van der Waals surface area contributed by atoms with Gasteiger partial charge in [0.2, 0.25) is 0 Å². The monoisotopic (exact) mass is 487 g/mol. The minimum atomic E-state index is -0.769. The third-order valence-corrected chi connectivity index (χ3v) is 5.30. The highest BCUT2D eigenvalue weighted by atomic mass is 35.5. The zero-order chi connectivity index (χ0) is 24.1. The van der Waals surface area contributed by atoms with E-state index < -0.39 is 22.6 Å². The predicted molar refractivity (Wildman–Crippen MR) is 125 cm³/mol. The first-order valence-electron chi connectivity index (χ1n) is 9.44. The maximum atomic E-state index is 13.3. The standard InChI is InChI=1S/C23H16Cl2FN3O4/c1-13-18(24)6-3-7-20(13)27-23(31)21(11-14-4-2-5-16(10-14)29(32)33)28-22(30)17-9-8-15(26)12-19(17)25/h2-12H,1H3,(H,27,31)(H,28,30)/b21-11-. The highest BCUT2D eigenvalue weighted by molar-refractivity contribution is 6.34. The average molecular weight is 488 g/mol. The Kier molecular flexibility index (Phi) is 7.42. The van der Waals surface area contributed by atoms with Crippen LogP contribution in [-0.4, -0.2) is 16.7 Å². The van der Waals surface area contributed by atoms with Crippen molar-refractivity contribution in [1.82, 2.24) is 5.32 Å². The molecular weight excluding hydrogens is 472 g/mol. The molecule has 0 radical (unpaired) electrons. The average Bonchev–Trinajstić information content (AvgIpc) is 2.76. The molecule has 0 aromatic heterocycles. The summed E-state index contributed by atoms with van der Waals surface area (Å²) in [6, 6.07) is 13.6. The molecule has 3 aromatic rings. The van der Waals surface area contributed by atoms with Gasteiger partial charge in [-0.2, -0.15) is 0 Å². The van der Waals surface area contributed by atoms with Gasteiger partial charge in [0.15, 0.2) is 0 Å². The van der Waals surface area contributed by atoms with Crippen LogP contribution in [0.15, 0.2) is 66.4 Å². The first kappa shape index (κ1) is 23.9. The van der Waals surface area contributed by atoms with Crippen molar-refractivity contribution in [3.05, 3.63) is 109 Å². The summed E-state index contributed by atoms with van der Waals surface area (Å²) >= 11 is 12.1. The lowest BCUT2D eigenvalue weighted by Gasteiger charge is -2.14. The predicted octanol–water partition coefficient (Wildman–Crippen LogP) is 5.76. The molecule has 0 saturated heterocycles. The third kappa shape index (κ3) is 5.94. The number of hydrogen-bond acceptors (Lipinski definition) is 4. The van der Waals surface area contributed by atoms with Crippen LogP contribution in [0.5, 0.6) is 0 Å². The molecule has 0 aliphatic carbocycles. The first-order chi connectivity index (χ1) is 15.7. The molecule has 0 saturated carbocycles. The van der Waals surface area contributed by atoms with Crippen LogP contribution < -0.4 is 10.6 Å². The van der Waals surface area contributed by atoms with E-state index in [1.54, 1.807) is 25.1 Å². The van der Waals surface area contributed by atoms with E-state index in [1.807, 2.05) is 0 Å². The maximum absolute atomic E-state index is 13.3. The number of nitrogens with zero attached hydrogens (tertiary/aromatic N) is 1. The molecule has 0 heterocycles. The summed E-state index contributed by atoms with van der Waals surface area (Å²) < 4.78 is 13.3. The Balaban J connectivity index is 1.99. The number of nitrogens with one attached hydrogen (secondary N) is 2. The van der Waals surface area contributed by atoms with E-state index in [0.29, 0.717) is 21.8 Å². The Morgan fingerprint density at radius 2 is 1.76 bits per heavy atom. The summed E-state index contributed by atoms with van der Waals surface area (Å²) in [4.78, 5) is 36.3. The summed E-state index contributed by atoms with van der Waals surface area (Å²) in [5, 5.41) is 16.5. The molecule has 3 rings (SSSR count). The summed E-state index contributed by atoms with van der Waals surface area (Å²) in [5.74, 6) is -2.11. The maximum Gasteiger partial charge on any atom is 0.272 e. The smallest absolute Gasteiger partial charge is 0.272 e. The first-order valence-corrected chi connectivity index (χ1v) is 10.2. The molecule has 33 heavy (non-hydrogen) atoms. The lowest BCUT2D eigenvalue weighted by Crippen LogP contribution is -2.31. The van der Waals surface area contributed by atoms with Gasteiger partial charge in [0, 0.05) is 22.8 Å². The van der Waals surface area contributed by atoms with Crippen LogP contribution in [0, 0.1) is 22.9 Å². The van der Waals surface area contributed by atoms with Gasteiger partial charge in [0.1, 0.15) is 11.5 Å². The van der Waals surface area contributed by atoms with Gasteiger partial charge in [0.25, 0.3) is 17.5 Å². The van der Waals surface area contributed by atoms with Gasteiger partial charge < -0.3 is 10.6 Å². The number of halogens is 3. The lowest BCUT2D eigenvalue weighted by molar-refractivity contribution is -0.384. The number of rotatable bonds is 6. The second kappa shape index (κ2) is 10.2. The quantitative estimate of drug-likeness (QED) is 0.262. The number of amides is 2. The van der Waals surface area contributed by atoms with Crippen LogP contribution >= 0.6 is 23.2 Å². The Morgan fingerprint density at radius 3 is 2.45 bits per heavy atom. The Morgan fingerprint density at radius 1 is 1.03 bits per heavy atom. The zero-order valence-corrected chi connectivity index (χ0v) is 18.6. The second-order valence-corrected chi connectivity index (χ2v) is 7.67. The van der Waals surface area contributed by atoms with E-state index in [-0.39, 0.29) is 22.0 Å². The number of hydrogen-bond donors (Lipinski definition) is 2. The van der Waals surface area contributed by atoms with Gasteiger partial charge in [-0.25, -0.2) is 4.39 Å².